The maximum absolute atomic E-state index is 12.4. The molecule has 0 aliphatic rings. The van der Waals surface area contributed by atoms with Crippen LogP contribution in [0.2, 0.25) is 0 Å². The molecule has 0 saturated carbocycles. The SMILES string of the molecule is O=C(Cc1cnc(-c2ccccc2)c(-c2ccccc2)n1)Nc1ccccc1. The first-order valence-electron chi connectivity index (χ1n) is 9.11. The average molecular weight is 365 g/mol. The summed E-state index contributed by atoms with van der Waals surface area (Å²) in [6.07, 6.45) is 1.84. The van der Waals surface area contributed by atoms with Crippen LogP contribution in [0.5, 0.6) is 0 Å². The summed E-state index contributed by atoms with van der Waals surface area (Å²) in [7, 11) is 0. The third-order valence-electron chi connectivity index (χ3n) is 4.32. The number of carbonyl (C=O) groups excluding carboxylic acids is 1. The topological polar surface area (TPSA) is 54.9 Å². The Kier molecular flexibility index (Phi) is 5.20. The number of aromatic nitrogens is 2. The maximum atomic E-state index is 12.4. The van der Waals surface area contributed by atoms with Crippen molar-refractivity contribution in [3.63, 3.8) is 0 Å². The normalized spacial score (nSPS) is 10.4. The van der Waals surface area contributed by atoms with E-state index < -0.39 is 0 Å². The van der Waals surface area contributed by atoms with Gasteiger partial charge in [0, 0.05) is 23.0 Å². The minimum atomic E-state index is -0.119. The Bertz CT molecular complexity index is 1060. The second kappa shape index (κ2) is 8.27. The molecule has 0 atom stereocenters. The molecule has 1 heterocycles. The molecule has 0 unspecified atom stereocenters. The monoisotopic (exact) mass is 365 g/mol. The molecule has 1 N–H and O–H groups in total. The molecule has 0 radical (unpaired) electrons. The van der Waals surface area contributed by atoms with Crippen molar-refractivity contribution in [3.05, 3.63) is 103 Å². The predicted octanol–water partition coefficient (Wildman–Crippen LogP) is 4.99. The highest BCUT2D eigenvalue weighted by Crippen LogP contribution is 2.28. The summed E-state index contributed by atoms with van der Waals surface area (Å²) < 4.78 is 0. The van der Waals surface area contributed by atoms with E-state index in [-0.39, 0.29) is 12.3 Å². The highest BCUT2D eigenvalue weighted by Gasteiger charge is 2.14. The Morgan fingerprint density at radius 3 is 1.86 bits per heavy atom. The van der Waals surface area contributed by atoms with Gasteiger partial charge in [0.1, 0.15) is 0 Å². The summed E-state index contributed by atoms with van der Waals surface area (Å²) in [5.74, 6) is -0.119. The van der Waals surface area contributed by atoms with E-state index in [1.807, 2.05) is 91.0 Å². The number of para-hydroxylation sites is 1. The number of carbonyl (C=O) groups is 1. The van der Waals surface area contributed by atoms with Gasteiger partial charge in [-0.1, -0.05) is 78.9 Å². The Labute approximate surface area is 163 Å². The molecule has 4 aromatic rings. The number of nitrogens with one attached hydrogen (secondary N) is 1. The quantitative estimate of drug-likeness (QED) is 0.542. The lowest BCUT2D eigenvalue weighted by atomic mass is 10.0. The van der Waals surface area contributed by atoms with Crippen LogP contribution >= 0.6 is 0 Å². The Hall–Kier alpha value is -3.79. The Balaban J connectivity index is 1.65. The fraction of sp³-hybridized carbons (Fsp3) is 0.0417. The zero-order valence-corrected chi connectivity index (χ0v) is 15.2. The smallest absolute Gasteiger partial charge is 0.230 e. The molecule has 4 nitrogen and oxygen atoms in total. The van der Waals surface area contributed by atoms with Gasteiger partial charge < -0.3 is 5.32 Å². The van der Waals surface area contributed by atoms with Crippen molar-refractivity contribution in [2.24, 2.45) is 0 Å². The van der Waals surface area contributed by atoms with Gasteiger partial charge in [-0.15, -0.1) is 0 Å². The maximum Gasteiger partial charge on any atom is 0.230 e. The van der Waals surface area contributed by atoms with Crippen LogP contribution in [0.3, 0.4) is 0 Å². The van der Waals surface area contributed by atoms with Gasteiger partial charge in [0.15, 0.2) is 0 Å². The van der Waals surface area contributed by atoms with E-state index in [0.717, 1.165) is 28.2 Å². The number of benzene rings is 3. The molecule has 0 aliphatic heterocycles. The molecule has 28 heavy (non-hydrogen) atoms. The first-order valence-corrected chi connectivity index (χ1v) is 9.11. The van der Waals surface area contributed by atoms with Crippen molar-refractivity contribution in [1.82, 2.24) is 9.97 Å². The van der Waals surface area contributed by atoms with Crippen LogP contribution in [-0.2, 0) is 11.2 Å². The molecule has 0 saturated heterocycles. The van der Waals surface area contributed by atoms with Crippen molar-refractivity contribution in [3.8, 4) is 22.5 Å². The molecule has 4 heteroatoms. The molecular formula is C24H19N3O. The van der Waals surface area contributed by atoms with E-state index in [9.17, 15) is 4.79 Å². The minimum Gasteiger partial charge on any atom is -0.326 e. The molecule has 1 amide bonds. The van der Waals surface area contributed by atoms with Crippen molar-refractivity contribution < 1.29 is 4.79 Å². The van der Waals surface area contributed by atoms with E-state index >= 15 is 0 Å². The summed E-state index contributed by atoms with van der Waals surface area (Å²) in [4.78, 5) is 21.8. The van der Waals surface area contributed by atoms with Crippen LogP contribution in [0.1, 0.15) is 5.69 Å². The van der Waals surface area contributed by atoms with E-state index in [1.54, 1.807) is 6.20 Å². The highest BCUT2D eigenvalue weighted by molar-refractivity contribution is 5.92. The second-order valence-electron chi connectivity index (χ2n) is 6.38. The third kappa shape index (κ3) is 4.13. The van der Waals surface area contributed by atoms with Crippen LogP contribution < -0.4 is 5.32 Å². The van der Waals surface area contributed by atoms with Crippen LogP contribution in [0.4, 0.5) is 5.69 Å². The summed E-state index contributed by atoms with van der Waals surface area (Å²) in [5.41, 5.74) is 4.95. The van der Waals surface area contributed by atoms with E-state index in [0.29, 0.717) is 5.69 Å². The number of rotatable bonds is 5. The molecule has 0 spiro atoms. The van der Waals surface area contributed by atoms with Gasteiger partial charge >= 0.3 is 0 Å². The zero-order valence-electron chi connectivity index (χ0n) is 15.2. The number of amides is 1. The Morgan fingerprint density at radius 1 is 0.714 bits per heavy atom. The van der Waals surface area contributed by atoms with Crippen molar-refractivity contribution >= 4 is 11.6 Å². The second-order valence-corrected chi connectivity index (χ2v) is 6.38. The molecule has 1 aromatic heterocycles. The number of hydrogen-bond donors (Lipinski definition) is 1. The molecule has 0 aliphatic carbocycles. The highest BCUT2D eigenvalue weighted by atomic mass is 16.1. The standard InChI is InChI=1S/C24H19N3O/c28-22(26-20-14-8-3-9-15-20)16-21-17-25-23(18-10-4-1-5-11-18)24(27-21)19-12-6-2-7-13-19/h1-15,17H,16H2,(H,26,28). The Morgan fingerprint density at radius 2 is 1.25 bits per heavy atom. The lowest BCUT2D eigenvalue weighted by molar-refractivity contribution is -0.115. The molecule has 0 bridgehead atoms. The van der Waals surface area contributed by atoms with Gasteiger partial charge in [0.05, 0.1) is 23.5 Å². The van der Waals surface area contributed by atoms with Gasteiger partial charge in [0.25, 0.3) is 0 Å². The van der Waals surface area contributed by atoms with Crippen molar-refractivity contribution in [2.75, 3.05) is 5.32 Å². The molecule has 4 rings (SSSR count). The number of anilines is 1. The van der Waals surface area contributed by atoms with Crippen LogP contribution in [-0.4, -0.2) is 15.9 Å². The number of nitrogens with zero attached hydrogens (tertiary/aromatic N) is 2. The van der Waals surface area contributed by atoms with Crippen LogP contribution in [0.15, 0.2) is 97.2 Å². The van der Waals surface area contributed by atoms with E-state index in [4.69, 9.17) is 4.98 Å². The van der Waals surface area contributed by atoms with E-state index in [2.05, 4.69) is 10.3 Å². The predicted molar refractivity (Wildman–Crippen MR) is 112 cm³/mol. The zero-order chi connectivity index (χ0) is 19.2. The summed E-state index contributed by atoms with van der Waals surface area (Å²) >= 11 is 0. The van der Waals surface area contributed by atoms with Crippen molar-refractivity contribution in [2.45, 2.75) is 6.42 Å². The average Bonchev–Trinajstić information content (AvgIpc) is 2.75. The molecular weight excluding hydrogens is 346 g/mol. The molecule has 3 aromatic carbocycles. The van der Waals surface area contributed by atoms with Crippen LogP contribution in [0, 0.1) is 0 Å². The lowest BCUT2D eigenvalue weighted by Crippen LogP contribution is -2.15. The lowest BCUT2D eigenvalue weighted by Gasteiger charge is -2.11. The van der Waals surface area contributed by atoms with Crippen molar-refractivity contribution in [1.29, 1.82) is 0 Å². The summed E-state index contributed by atoms with van der Waals surface area (Å²) in [5, 5.41) is 2.89. The van der Waals surface area contributed by atoms with Gasteiger partial charge in [-0.2, -0.15) is 0 Å². The third-order valence-corrected chi connectivity index (χ3v) is 4.32. The fourth-order valence-electron chi connectivity index (χ4n) is 3.01. The summed E-state index contributed by atoms with van der Waals surface area (Å²) in [6, 6.07) is 29.3. The van der Waals surface area contributed by atoms with E-state index in [1.165, 1.54) is 0 Å². The largest absolute Gasteiger partial charge is 0.326 e. The van der Waals surface area contributed by atoms with Gasteiger partial charge in [-0.05, 0) is 12.1 Å². The first-order chi connectivity index (χ1) is 13.8. The summed E-state index contributed by atoms with van der Waals surface area (Å²) in [6.45, 7) is 0. The van der Waals surface area contributed by atoms with Gasteiger partial charge in [0.2, 0.25) is 5.91 Å². The van der Waals surface area contributed by atoms with Crippen LogP contribution in [0.25, 0.3) is 22.5 Å². The first kappa shape index (κ1) is 17.6. The van der Waals surface area contributed by atoms with Gasteiger partial charge in [-0.3, -0.25) is 9.78 Å². The number of hydrogen-bond acceptors (Lipinski definition) is 3. The van der Waals surface area contributed by atoms with Gasteiger partial charge in [-0.25, -0.2) is 4.98 Å². The molecule has 0 fully saturated rings. The fourth-order valence-corrected chi connectivity index (χ4v) is 3.01. The molecule has 136 valence electrons. The minimum absolute atomic E-state index is 0.119.